The molecule has 0 unspecified atom stereocenters. The molecule has 0 saturated heterocycles. The van der Waals surface area contributed by atoms with E-state index < -0.39 is 12.0 Å². The van der Waals surface area contributed by atoms with E-state index >= 15 is 0 Å². The number of thiazole rings is 1. The van der Waals surface area contributed by atoms with E-state index in [1.165, 1.54) is 11.3 Å². The lowest BCUT2D eigenvalue weighted by atomic mass is 10.3. The lowest BCUT2D eigenvalue weighted by molar-refractivity contribution is -0.144. The summed E-state index contributed by atoms with van der Waals surface area (Å²) in [7, 11) is 0. The smallest absolute Gasteiger partial charge is 0.232 e. The molecule has 0 bridgehead atoms. The van der Waals surface area contributed by atoms with Crippen LogP contribution in [0.4, 0.5) is 13.2 Å². The standard InChI is InChI=1S/C8H3BrF3N3S/c9-7-15-5(3-16-7)4-1-13-6(14-2-4)8(10,11)12/h1-3H. The molecule has 0 fully saturated rings. The second-order valence-corrected chi connectivity index (χ2v) is 4.91. The second-order valence-electron chi connectivity index (χ2n) is 2.78. The van der Waals surface area contributed by atoms with Crippen LogP contribution in [0.15, 0.2) is 21.7 Å². The Kier molecular flexibility index (Phi) is 2.94. The zero-order chi connectivity index (χ0) is 11.8. The van der Waals surface area contributed by atoms with E-state index in [1.807, 2.05) is 0 Å². The Labute approximate surface area is 101 Å². The zero-order valence-electron chi connectivity index (χ0n) is 7.49. The van der Waals surface area contributed by atoms with Crippen molar-refractivity contribution < 1.29 is 13.2 Å². The summed E-state index contributed by atoms with van der Waals surface area (Å²) in [6.07, 6.45) is -2.30. The molecule has 84 valence electrons. The van der Waals surface area contributed by atoms with E-state index in [1.54, 1.807) is 5.38 Å². The molecule has 0 aliphatic carbocycles. The van der Waals surface area contributed by atoms with Gasteiger partial charge in [0.2, 0.25) is 5.82 Å². The maximum Gasteiger partial charge on any atom is 0.451 e. The maximum atomic E-state index is 12.2. The van der Waals surface area contributed by atoms with Crippen LogP contribution in [0.1, 0.15) is 5.82 Å². The van der Waals surface area contributed by atoms with Crippen molar-refractivity contribution in [3.05, 3.63) is 27.5 Å². The molecule has 0 aliphatic heterocycles. The summed E-state index contributed by atoms with van der Waals surface area (Å²) in [6.45, 7) is 0. The number of rotatable bonds is 1. The number of hydrogen-bond donors (Lipinski definition) is 0. The lowest BCUT2D eigenvalue weighted by Gasteiger charge is -2.03. The molecule has 0 saturated carbocycles. The van der Waals surface area contributed by atoms with Crippen LogP contribution in [0.5, 0.6) is 0 Å². The minimum atomic E-state index is -4.51. The minimum absolute atomic E-state index is 0.454. The van der Waals surface area contributed by atoms with Crippen molar-refractivity contribution in [1.82, 2.24) is 15.0 Å². The van der Waals surface area contributed by atoms with Crippen LogP contribution in [0.25, 0.3) is 11.3 Å². The van der Waals surface area contributed by atoms with Crippen LogP contribution >= 0.6 is 27.3 Å². The van der Waals surface area contributed by atoms with E-state index in [9.17, 15) is 13.2 Å². The van der Waals surface area contributed by atoms with E-state index in [2.05, 4.69) is 30.9 Å². The predicted molar refractivity (Wildman–Crippen MR) is 55.8 cm³/mol. The molecule has 16 heavy (non-hydrogen) atoms. The first-order valence-electron chi connectivity index (χ1n) is 3.97. The highest BCUT2D eigenvalue weighted by Gasteiger charge is 2.34. The molecule has 3 nitrogen and oxygen atoms in total. The second kappa shape index (κ2) is 4.10. The Morgan fingerprint density at radius 2 is 1.81 bits per heavy atom. The van der Waals surface area contributed by atoms with Gasteiger partial charge < -0.3 is 0 Å². The van der Waals surface area contributed by atoms with Gasteiger partial charge >= 0.3 is 6.18 Å². The number of hydrogen-bond acceptors (Lipinski definition) is 4. The van der Waals surface area contributed by atoms with Gasteiger partial charge in [-0.05, 0) is 15.9 Å². The van der Waals surface area contributed by atoms with Crippen molar-refractivity contribution in [3.8, 4) is 11.3 Å². The molecule has 2 aromatic rings. The van der Waals surface area contributed by atoms with Crippen LogP contribution in [0, 0.1) is 0 Å². The molecule has 0 atom stereocenters. The van der Waals surface area contributed by atoms with Gasteiger partial charge in [0.15, 0.2) is 3.92 Å². The van der Waals surface area contributed by atoms with Gasteiger partial charge in [-0.1, -0.05) is 0 Å². The first-order chi connectivity index (χ1) is 7.47. The third kappa shape index (κ3) is 2.38. The highest BCUT2D eigenvalue weighted by Crippen LogP contribution is 2.28. The number of nitrogens with zero attached hydrogens (tertiary/aromatic N) is 3. The molecule has 0 N–H and O–H groups in total. The fourth-order valence-corrected chi connectivity index (χ4v) is 2.01. The molecule has 2 heterocycles. The van der Waals surface area contributed by atoms with E-state index in [0.717, 1.165) is 12.4 Å². The Hall–Kier alpha value is -1.02. The van der Waals surface area contributed by atoms with E-state index in [0.29, 0.717) is 15.2 Å². The monoisotopic (exact) mass is 309 g/mol. The van der Waals surface area contributed by atoms with Gasteiger partial charge in [0.05, 0.1) is 5.69 Å². The molecule has 8 heteroatoms. The van der Waals surface area contributed by atoms with Crippen molar-refractivity contribution >= 4 is 27.3 Å². The van der Waals surface area contributed by atoms with Gasteiger partial charge in [-0.2, -0.15) is 13.2 Å². The normalized spacial score (nSPS) is 11.8. The van der Waals surface area contributed by atoms with Crippen LogP contribution < -0.4 is 0 Å². The highest BCUT2D eigenvalue weighted by molar-refractivity contribution is 9.11. The van der Waals surface area contributed by atoms with Crippen molar-refractivity contribution in [1.29, 1.82) is 0 Å². The van der Waals surface area contributed by atoms with Gasteiger partial charge in [0.25, 0.3) is 0 Å². The van der Waals surface area contributed by atoms with E-state index in [-0.39, 0.29) is 0 Å². The van der Waals surface area contributed by atoms with Crippen LogP contribution in [0.3, 0.4) is 0 Å². The molecule has 0 spiro atoms. The molecule has 2 rings (SSSR count). The SMILES string of the molecule is FC(F)(F)c1ncc(-c2csc(Br)n2)cn1. The minimum Gasteiger partial charge on any atom is -0.232 e. The van der Waals surface area contributed by atoms with Crippen molar-refractivity contribution in [2.75, 3.05) is 0 Å². The van der Waals surface area contributed by atoms with Gasteiger partial charge in [0, 0.05) is 23.3 Å². The summed E-state index contributed by atoms with van der Waals surface area (Å²) in [4.78, 5) is 10.5. The Morgan fingerprint density at radius 3 is 2.25 bits per heavy atom. The quantitative estimate of drug-likeness (QED) is 0.810. The molecule has 0 aromatic carbocycles. The van der Waals surface area contributed by atoms with Gasteiger partial charge in [-0.25, -0.2) is 15.0 Å². The summed E-state index contributed by atoms with van der Waals surface area (Å²) < 4.78 is 37.2. The number of aromatic nitrogens is 3. The van der Waals surface area contributed by atoms with Crippen molar-refractivity contribution in [2.45, 2.75) is 6.18 Å². The Morgan fingerprint density at radius 1 is 1.19 bits per heavy atom. The van der Waals surface area contributed by atoms with Gasteiger partial charge in [-0.15, -0.1) is 11.3 Å². The third-order valence-corrected chi connectivity index (χ3v) is 3.04. The Balaban J connectivity index is 2.33. The van der Waals surface area contributed by atoms with Crippen molar-refractivity contribution in [3.63, 3.8) is 0 Å². The summed E-state index contributed by atoms with van der Waals surface area (Å²) in [5, 5.41) is 1.70. The number of alkyl halides is 3. The van der Waals surface area contributed by atoms with Crippen LogP contribution in [0.2, 0.25) is 0 Å². The molecule has 2 aromatic heterocycles. The highest BCUT2D eigenvalue weighted by atomic mass is 79.9. The molecule has 0 radical (unpaired) electrons. The predicted octanol–water partition coefficient (Wildman–Crippen LogP) is 3.38. The fraction of sp³-hybridized carbons (Fsp3) is 0.125. The van der Waals surface area contributed by atoms with E-state index in [4.69, 9.17) is 0 Å². The largest absolute Gasteiger partial charge is 0.451 e. The lowest BCUT2D eigenvalue weighted by Crippen LogP contribution is -2.10. The van der Waals surface area contributed by atoms with Crippen LogP contribution in [-0.2, 0) is 6.18 Å². The third-order valence-electron chi connectivity index (χ3n) is 1.68. The Bertz CT molecular complexity index is 494. The summed E-state index contributed by atoms with van der Waals surface area (Å²) >= 11 is 4.50. The first kappa shape index (κ1) is 11.5. The molecule has 0 aliphatic rings. The summed E-state index contributed by atoms with van der Waals surface area (Å²) in [6, 6.07) is 0. The van der Waals surface area contributed by atoms with Crippen LogP contribution in [-0.4, -0.2) is 15.0 Å². The fourth-order valence-electron chi connectivity index (χ4n) is 0.991. The molecular formula is C8H3BrF3N3S. The molecule has 0 amide bonds. The maximum absolute atomic E-state index is 12.2. The zero-order valence-corrected chi connectivity index (χ0v) is 9.90. The topological polar surface area (TPSA) is 38.7 Å². The summed E-state index contributed by atoms with van der Waals surface area (Å²) in [5.41, 5.74) is 1.00. The molecular weight excluding hydrogens is 307 g/mol. The number of halogens is 4. The average Bonchev–Trinajstić information content (AvgIpc) is 2.64. The average molecular weight is 310 g/mol. The van der Waals surface area contributed by atoms with Crippen molar-refractivity contribution in [2.24, 2.45) is 0 Å². The van der Waals surface area contributed by atoms with Gasteiger partial charge in [-0.3, -0.25) is 0 Å². The first-order valence-corrected chi connectivity index (χ1v) is 5.65. The summed E-state index contributed by atoms with van der Waals surface area (Å²) in [5.74, 6) is -1.15. The van der Waals surface area contributed by atoms with Gasteiger partial charge in [0.1, 0.15) is 0 Å².